The highest BCUT2D eigenvalue weighted by molar-refractivity contribution is 7.80. The van der Waals surface area contributed by atoms with E-state index in [1.807, 2.05) is 7.05 Å². The quantitative estimate of drug-likeness (QED) is 0.0344. The van der Waals surface area contributed by atoms with Crippen molar-refractivity contribution in [1.82, 2.24) is 0 Å². The fourth-order valence-corrected chi connectivity index (χ4v) is 6.65. The van der Waals surface area contributed by atoms with Gasteiger partial charge in [-0.2, -0.15) is 0 Å². The van der Waals surface area contributed by atoms with Crippen LogP contribution < -0.4 is 9.47 Å². The van der Waals surface area contributed by atoms with Gasteiger partial charge in [-0.05, 0) is 36.1 Å². The highest BCUT2D eigenvalue weighted by Gasteiger charge is 2.11. The van der Waals surface area contributed by atoms with Crippen LogP contribution in [0.3, 0.4) is 0 Å². The van der Waals surface area contributed by atoms with Crippen LogP contribution in [0.1, 0.15) is 179 Å². The van der Waals surface area contributed by atoms with Gasteiger partial charge in [0.25, 0.3) is 0 Å². The summed E-state index contributed by atoms with van der Waals surface area (Å²) >= 11 is 6.95. The van der Waals surface area contributed by atoms with E-state index in [4.69, 9.17) is 11.6 Å². The predicted molar refractivity (Wildman–Crippen MR) is 219 cm³/mol. The third-order valence-electron chi connectivity index (χ3n) is 9.55. The Morgan fingerprint density at radius 2 is 0.980 bits per heavy atom. The molecule has 51 heavy (non-hydrogen) atoms. The average Bonchev–Trinajstić information content (AvgIpc) is 3.11. The van der Waals surface area contributed by atoms with Gasteiger partial charge in [0, 0.05) is 25.2 Å². The van der Waals surface area contributed by atoms with Gasteiger partial charge < -0.3 is 9.45 Å². The molecule has 0 aliphatic rings. The van der Waals surface area contributed by atoms with Gasteiger partial charge in [-0.15, -0.1) is 0 Å². The van der Waals surface area contributed by atoms with Crippen LogP contribution in [0.4, 0.5) is 5.69 Å². The highest BCUT2D eigenvalue weighted by Crippen LogP contribution is 2.29. The first-order valence-electron chi connectivity index (χ1n) is 20.4. The topological polar surface area (TPSA) is 73.5 Å². The number of benzene rings is 1. The Hall–Kier alpha value is -1.93. The van der Waals surface area contributed by atoms with Crippen LogP contribution >= 0.6 is 11.6 Å². The number of rotatable bonds is 30. The molecule has 1 heterocycles. The first-order chi connectivity index (χ1) is 24.7. The van der Waals surface area contributed by atoms with E-state index < -0.39 is 10.4 Å². The largest absolute Gasteiger partial charge is 0.726 e. The summed E-state index contributed by atoms with van der Waals surface area (Å²) < 4.78 is 33.1. The molecule has 1 aromatic heterocycles. The molecule has 2 aromatic rings. The summed E-state index contributed by atoms with van der Waals surface area (Å²) in [4.78, 5) is 2.58. The first-order valence-corrected chi connectivity index (χ1v) is 22.1. The Kier molecular flexibility index (Phi) is 29.2. The second kappa shape index (κ2) is 31.6. The van der Waals surface area contributed by atoms with Crippen LogP contribution in [0, 0.1) is 0 Å². The SMILES string of the molecule is CCCCCCCCCCCCCCN(CCCCCCCCCCCCCC)c1ccc(/C=C/c2cc[n+](C)cc2)cc1Cl.COS(=O)(=O)[O-]. The molecule has 0 aliphatic carbocycles. The van der Waals surface area contributed by atoms with Gasteiger partial charge in [0.05, 0.1) is 17.8 Å². The molecular weight excluding hydrogens is 676 g/mol. The summed E-state index contributed by atoms with van der Waals surface area (Å²) in [6.07, 6.45) is 41.9. The Bertz CT molecular complexity index is 1210. The zero-order valence-corrected chi connectivity index (χ0v) is 34.5. The number of halogens is 1. The molecule has 0 spiro atoms. The third-order valence-corrected chi connectivity index (χ3v) is 10.3. The van der Waals surface area contributed by atoms with Crippen LogP contribution in [-0.4, -0.2) is 33.2 Å². The summed E-state index contributed by atoms with van der Waals surface area (Å²) in [6, 6.07) is 10.9. The minimum absolute atomic E-state index is 0.808. The minimum atomic E-state index is -4.41. The van der Waals surface area contributed by atoms with Crippen molar-refractivity contribution in [3.05, 3.63) is 58.9 Å². The lowest BCUT2D eigenvalue weighted by molar-refractivity contribution is -0.671. The number of hydrogen-bond donors (Lipinski definition) is 0. The third kappa shape index (κ3) is 27.4. The van der Waals surface area contributed by atoms with E-state index in [-0.39, 0.29) is 0 Å². The lowest BCUT2D eigenvalue weighted by Gasteiger charge is -2.26. The van der Waals surface area contributed by atoms with E-state index in [0.717, 1.165) is 30.8 Å². The van der Waals surface area contributed by atoms with Gasteiger partial charge in [-0.3, -0.25) is 4.18 Å². The average molecular weight is 750 g/mol. The summed E-state index contributed by atoms with van der Waals surface area (Å²) in [5.41, 5.74) is 3.58. The number of aryl methyl sites for hydroxylation is 1. The molecule has 0 fully saturated rings. The van der Waals surface area contributed by atoms with Gasteiger partial charge in [-0.1, -0.05) is 185 Å². The molecular formula is C43H73ClN2O4S. The number of hydrogen-bond acceptors (Lipinski definition) is 5. The van der Waals surface area contributed by atoms with Crippen molar-refractivity contribution in [1.29, 1.82) is 0 Å². The summed E-state index contributed by atoms with van der Waals surface area (Å²) in [5, 5.41) is 0.884. The van der Waals surface area contributed by atoms with E-state index in [1.54, 1.807) is 0 Å². The monoisotopic (exact) mass is 748 g/mol. The normalized spacial score (nSPS) is 11.6. The van der Waals surface area contributed by atoms with E-state index in [2.05, 4.69) is 82.4 Å². The van der Waals surface area contributed by atoms with E-state index >= 15 is 0 Å². The number of aromatic nitrogens is 1. The fourth-order valence-electron chi connectivity index (χ4n) is 6.34. The smallest absolute Gasteiger partial charge is 0.217 e. The number of pyridine rings is 1. The molecule has 0 unspecified atom stereocenters. The van der Waals surface area contributed by atoms with Crippen molar-refractivity contribution >= 4 is 39.8 Å². The van der Waals surface area contributed by atoms with Crippen LogP contribution in [-0.2, 0) is 21.6 Å². The predicted octanol–water partition coefficient (Wildman–Crippen LogP) is 12.6. The summed E-state index contributed by atoms with van der Waals surface area (Å²) in [5.74, 6) is 0. The Labute approximate surface area is 319 Å². The van der Waals surface area contributed by atoms with Crippen LogP contribution in [0.15, 0.2) is 42.7 Å². The molecule has 0 radical (unpaired) electrons. The summed E-state index contributed by atoms with van der Waals surface area (Å²) in [6.45, 7) is 6.83. The van der Waals surface area contributed by atoms with Crippen molar-refractivity contribution in [2.75, 3.05) is 25.1 Å². The lowest BCUT2D eigenvalue weighted by atomic mass is 10.0. The van der Waals surface area contributed by atoms with Crippen molar-refractivity contribution in [2.45, 2.75) is 168 Å². The molecule has 6 nitrogen and oxygen atoms in total. The Morgan fingerprint density at radius 3 is 1.33 bits per heavy atom. The number of nitrogens with zero attached hydrogens (tertiary/aromatic N) is 2. The Morgan fingerprint density at radius 1 is 0.627 bits per heavy atom. The van der Waals surface area contributed by atoms with Gasteiger partial charge in [0.1, 0.15) is 7.05 Å². The zero-order chi connectivity index (χ0) is 37.4. The van der Waals surface area contributed by atoms with Gasteiger partial charge in [-0.25, -0.2) is 13.0 Å². The summed E-state index contributed by atoms with van der Waals surface area (Å²) in [7, 11) is -1.56. The van der Waals surface area contributed by atoms with Crippen LogP contribution in [0.2, 0.25) is 5.02 Å². The molecule has 0 saturated heterocycles. The molecule has 292 valence electrons. The molecule has 0 N–H and O–H groups in total. The van der Waals surface area contributed by atoms with Crippen LogP contribution in [0.25, 0.3) is 12.2 Å². The maximum atomic E-state index is 9.22. The van der Waals surface area contributed by atoms with Crippen molar-refractivity contribution in [3.8, 4) is 0 Å². The number of unbranched alkanes of at least 4 members (excludes halogenated alkanes) is 22. The molecule has 1 aromatic carbocycles. The molecule has 0 saturated carbocycles. The first kappa shape index (κ1) is 47.1. The molecule has 8 heteroatoms. The second-order valence-corrected chi connectivity index (χ2v) is 15.7. The highest BCUT2D eigenvalue weighted by atomic mass is 35.5. The van der Waals surface area contributed by atoms with Gasteiger partial charge in [0.2, 0.25) is 10.4 Å². The van der Waals surface area contributed by atoms with Crippen molar-refractivity contribution in [3.63, 3.8) is 0 Å². The van der Waals surface area contributed by atoms with E-state index in [9.17, 15) is 13.0 Å². The fraction of sp³-hybridized carbons (Fsp3) is 0.698. The zero-order valence-electron chi connectivity index (χ0n) is 32.9. The maximum absolute atomic E-state index is 9.22. The van der Waals surface area contributed by atoms with Crippen molar-refractivity contribution in [2.24, 2.45) is 7.05 Å². The Balaban J connectivity index is 0.00000198. The molecule has 0 aliphatic heterocycles. The minimum Gasteiger partial charge on any atom is -0.726 e. The van der Waals surface area contributed by atoms with Gasteiger partial charge >= 0.3 is 0 Å². The van der Waals surface area contributed by atoms with Gasteiger partial charge in [0.15, 0.2) is 12.4 Å². The van der Waals surface area contributed by atoms with Crippen molar-refractivity contribution < 1.29 is 21.7 Å². The standard InChI is InChI=1S/C42H70ClN2.CH4O4S/c1-4-6-8-10-12-14-16-18-20-22-24-26-34-45(35-27-25-23-21-19-17-15-13-11-9-7-5-2)42-31-30-40(38-41(42)43)29-28-39-32-36-44(3)37-33-39;1-5-6(2,3)4/h28-33,36-38H,4-27,34-35H2,1-3H3;1H3,(H,2,3,4)/q+1;/p-1. The van der Waals surface area contributed by atoms with E-state index in [0.29, 0.717) is 0 Å². The van der Waals surface area contributed by atoms with Crippen LogP contribution in [0.5, 0.6) is 0 Å². The molecule has 0 amide bonds. The van der Waals surface area contributed by atoms with E-state index in [1.165, 1.54) is 165 Å². The molecule has 0 atom stereocenters. The lowest BCUT2D eigenvalue weighted by Crippen LogP contribution is -2.26. The maximum Gasteiger partial charge on any atom is 0.217 e. The second-order valence-electron chi connectivity index (χ2n) is 14.2. The number of anilines is 1. The molecule has 2 rings (SSSR count). The molecule has 0 bridgehead atoms.